The zero-order valence-corrected chi connectivity index (χ0v) is 9.64. The van der Waals surface area contributed by atoms with Gasteiger partial charge in [0.15, 0.2) is 0 Å². The smallest absolute Gasteiger partial charge is 0.100 e. The van der Waals surface area contributed by atoms with E-state index in [2.05, 4.69) is 26.8 Å². The fraction of sp³-hybridized carbons (Fsp3) is 0.417. The van der Waals surface area contributed by atoms with Gasteiger partial charge in [0, 0.05) is 10.1 Å². The van der Waals surface area contributed by atoms with E-state index in [1.54, 1.807) is 11.8 Å². The summed E-state index contributed by atoms with van der Waals surface area (Å²) in [4.78, 5) is 1.09. The summed E-state index contributed by atoms with van der Waals surface area (Å²) in [5.41, 5.74) is 0.782. The predicted octanol–water partition coefficient (Wildman–Crippen LogP) is 3.69. The fourth-order valence-corrected chi connectivity index (χ4v) is 2.07. The monoisotopic (exact) mass is 205 g/mol. The van der Waals surface area contributed by atoms with Crippen LogP contribution in [0.15, 0.2) is 29.2 Å². The van der Waals surface area contributed by atoms with E-state index in [1.807, 2.05) is 24.3 Å². The van der Waals surface area contributed by atoms with Crippen LogP contribution in [-0.4, -0.2) is 5.25 Å². The summed E-state index contributed by atoms with van der Waals surface area (Å²) in [7, 11) is 0. The van der Waals surface area contributed by atoms with Crippen LogP contribution in [0.1, 0.15) is 26.3 Å². The fourth-order valence-electron chi connectivity index (χ4n) is 0.998. The molecule has 0 aliphatic carbocycles. The Labute approximate surface area is 90.1 Å². The first kappa shape index (κ1) is 11.1. The lowest BCUT2D eigenvalue weighted by atomic mass is 10.2. The number of rotatable bonds is 3. The minimum Gasteiger partial charge on any atom is -0.192 e. The van der Waals surface area contributed by atoms with Crippen LogP contribution >= 0.6 is 11.8 Å². The molecule has 1 nitrogen and oxygen atoms in total. The minimum absolute atomic E-state index is 0.546. The van der Waals surface area contributed by atoms with Crippen molar-refractivity contribution in [2.24, 2.45) is 5.92 Å². The van der Waals surface area contributed by atoms with Crippen LogP contribution in [0.5, 0.6) is 0 Å². The van der Waals surface area contributed by atoms with E-state index in [-0.39, 0.29) is 0 Å². The molecule has 0 bridgehead atoms. The molecule has 0 aromatic heterocycles. The maximum absolute atomic E-state index is 8.91. The van der Waals surface area contributed by atoms with Gasteiger partial charge in [-0.1, -0.05) is 32.9 Å². The third-order valence-corrected chi connectivity index (χ3v) is 3.79. The summed E-state index contributed by atoms with van der Waals surface area (Å²) >= 11 is 1.78. The molecule has 2 heteroatoms. The highest BCUT2D eigenvalue weighted by atomic mass is 32.2. The third-order valence-electron chi connectivity index (χ3n) is 2.26. The molecule has 0 heterocycles. The van der Waals surface area contributed by atoms with E-state index in [0.717, 1.165) is 10.5 Å². The number of benzene rings is 1. The average molecular weight is 205 g/mol. The van der Waals surface area contributed by atoms with Crippen molar-refractivity contribution in [3.8, 4) is 6.07 Å². The first-order valence-corrected chi connectivity index (χ1v) is 5.69. The van der Waals surface area contributed by atoms with Crippen molar-refractivity contribution in [2.75, 3.05) is 0 Å². The maximum atomic E-state index is 8.91. The minimum atomic E-state index is 0.546. The van der Waals surface area contributed by atoms with E-state index in [1.165, 1.54) is 0 Å². The molecule has 0 saturated carbocycles. The Balaban J connectivity index is 2.82. The van der Waals surface area contributed by atoms with Crippen LogP contribution in [0.25, 0.3) is 0 Å². The van der Waals surface area contributed by atoms with Crippen LogP contribution in [0.2, 0.25) is 0 Å². The second-order valence-electron chi connectivity index (χ2n) is 3.67. The molecule has 1 aromatic rings. The lowest BCUT2D eigenvalue weighted by Gasteiger charge is -2.15. The summed E-state index contributed by atoms with van der Waals surface area (Å²) in [6.45, 7) is 6.60. The van der Waals surface area contributed by atoms with Gasteiger partial charge in [0.05, 0.1) is 5.56 Å². The van der Waals surface area contributed by atoms with Crippen LogP contribution in [-0.2, 0) is 0 Å². The van der Waals surface area contributed by atoms with Crippen LogP contribution in [0, 0.1) is 17.2 Å². The first-order valence-electron chi connectivity index (χ1n) is 4.81. The van der Waals surface area contributed by atoms with Gasteiger partial charge in [0.25, 0.3) is 0 Å². The van der Waals surface area contributed by atoms with Gasteiger partial charge in [-0.25, -0.2) is 0 Å². The Kier molecular flexibility index (Phi) is 4.03. The lowest BCUT2D eigenvalue weighted by Crippen LogP contribution is -2.05. The molecule has 14 heavy (non-hydrogen) atoms. The first-order chi connectivity index (χ1) is 6.65. The van der Waals surface area contributed by atoms with Crippen molar-refractivity contribution < 1.29 is 0 Å². The number of thioether (sulfide) groups is 1. The van der Waals surface area contributed by atoms with E-state index < -0.39 is 0 Å². The topological polar surface area (TPSA) is 23.8 Å². The molecule has 0 radical (unpaired) electrons. The highest BCUT2D eigenvalue weighted by molar-refractivity contribution is 8.00. The Bertz CT molecular complexity index is 338. The van der Waals surface area contributed by atoms with Crippen molar-refractivity contribution in [3.05, 3.63) is 29.8 Å². The highest BCUT2D eigenvalue weighted by Crippen LogP contribution is 2.29. The summed E-state index contributed by atoms with van der Waals surface area (Å²) in [6.07, 6.45) is 0. The molecule has 1 aromatic carbocycles. The van der Waals surface area contributed by atoms with Crippen LogP contribution in [0.3, 0.4) is 0 Å². The molecule has 0 spiro atoms. The number of hydrogen-bond acceptors (Lipinski definition) is 2. The standard InChI is InChI=1S/C12H15NS/c1-9(2)10(3)14-12-7-5-4-6-11(12)8-13/h4-7,9-10H,1-3H3. The maximum Gasteiger partial charge on any atom is 0.100 e. The summed E-state index contributed by atoms with van der Waals surface area (Å²) in [5, 5.41) is 9.45. The third kappa shape index (κ3) is 2.78. The van der Waals surface area contributed by atoms with E-state index >= 15 is 0 Å². The van der Waals surface area contributed by atoms with Crippen LogP contribution in [0.4, 0.5) is 0 Å². The number of hydrogen-bond donors (Lipinski definition) is 0. The number of nitriles is 1. The summed E-state index contributed by atoms with van der Waals surface area (Å²) < 4.78 is 0. The van der Waals surface area contributed by atoms with Gasteiger partial charge >= 0.3 is 0 Å². The van der Waals surface area contributed by atoms with Gasteiger partial charge in [0.2, 0.25) is 0 Å². The molecule has 0 amide bonds. The van der Waals surface area contributed by atoms with Crippen molar-refractivity contribution >= 4 is 11.8 Å². The molecule has 0 aliphatic rings. The van der Waals surface area contributed by atoms with E-state index in [9.17, 15) is 0 Å². The van der Waals surface area contributed by atoms with Crippen molar-refractivity contribution in [2.45, 2.75) is 30.9 Å². The molecule has 0 N–H and O–H groups in total. The molecular formula is C12H15NS. The van der Waals surface area contributed by atoms with E-state index in [4.69, 9.17) is 5.26 Å². The zero-order chi connectivity index (χ0) is 10.6. The van der Waals surface area contributed by atoms with Gasteiger partial charge in [-0.3, -0.25) is 0 Å². The van der Waals surface area contributed by atoms with Gasteiger partial charge in [-0.2, -0.15) is 5.26 Å². The number of nitrogens with zero attached hydrogens (tertiary/aromatic N) is 1. The van der Waals surface area contributed by atoms with E-state index in [0.29, 0.717) is 11.2 Å². The molecule has 0 aliphatic heterocycles. The normalized spacial score (nSPS) is 12.5. The molecule has 0 saturated heterocycles. The van der Waals surface area contributed by atoms with Crippen molar-refractivity contribution in [3.63, 3.8) is 0 Å². The van der Waals surface area contributed by atoms with Gasteiger partial charge in [-0.05, 0) is 18.1 Å². The SMILES string of the molecule is CC(C)C(C)Sc1ccccc1C#N. The Morgan fingerprint density at radius 2 is 1.86 bits per heavy atom. The van der Waals surface area contributed by atoms with Gasteiger partial charge in [0.1, 0.15) is 6.07 Å². The molecule has 0 fully saturated rings. The molecular weight excluding hydrogens is 190 g/mol. The van der Waals surface area contributed by atoms with Crippen molar-refractivity contribution in [1.29, 1.82) is 5.26 Å². The Morgan fingerprint density at radius 3 is 2.43 bits per heavy atom. The van der Waals surface area contributed by atoms with Crippen molar-refractivity contribution in [1.82, 2.24) is 0 Å². The molecule has 1 unspecified atom stereocenters. The average Bonchev–Trinajstić information content (AvgIpc) is 2.18. The second kappa shape index (κ2) is 5.07. The molecule has 1 rings (SSSR count). The Hall–Kier alpha value is -0.940. The zero-order valence-electron chi connectivity index (χ0n) is 8.82. The highest BCUT2D eigenvalue weighted by Gasteiger charge is 2.10. The molecule has 1 atom stereocenters. The molecule has 74 valence electrons. The quantitative estimate of drug-likeness (QED) is 0.703. The van der Waals surface area contributed by atoms with Gasteiger partial charge < -0.3 is 0 Å². The second-order valence-corrected chi connectivity index (χ2v) is 5.09. The Morgan fingerprint density at radius 1 is 1.21 bits per heavy atom. The van der Waals surface area contributed by atoms with Crippen LogP contribution < -0.4 is 0 Å². The largest absolute Gasteiger partial charge is 0.192 e. The summed E-state index contributed by atoms with van der Waals surface area (Å²) in [6, 6.07) is 9.99. The summed E-state index contributed by atoms with van der Waals surface area (Å²) in [5.74, 6) is 0.631. The lowest BCUT2D eigenvalue weighted by molar-refractivity contribution is 0.642. The predicted molar refractivity (Wildman–Crippen MR) is 61.3 cm³/mol. The van der Waals surface area contributed by atoms with Gasteiger partial charge in [-0.15, -0.1) is 11.8 Å².